The van der Waals surface area contributed by atoms with Gasteiger partial charge in [-0.2, -0.15) is 0 Å². The van der Waals surface area contributed by atoms with Gasteiger partial charge in [-0.3, -0.25) is 9.36 Å². The van der Waals surface area contributed by atoms with Crippen LogP contribution in [-0.4, -0.2) is 27.6 Å². The lowest BCUT2D eigenvalue weighted by molar-refractivity contribution is 0.0947. The van der Waals surface area contributed by atoms with E-state index in [4.69, 9.17) is 4.74 Å². The molecule has 1 N–H and O–H groups in total. The van der Waals surface area contributed by atoms with E-state index in [0.717, 1.165) is 16.9 Å². The maximum Gasteiger partial charge on any atom is 0.255 e. The van der Waals surface area contributed by atoms with Crippen LogP contribution >= 0.6 is 0 Å². The Hall–Kier alpha value is -3.15. The monoisotopic (exact) mass is 322 g/mol. The van der Waals surface area contributed by atoms with Crippen LogP contribution in [0, 0.1) is 6.92 Å². The number of carbonyl (C=O) groups is 1. The predicted octanol–water partition coefficient (Wildman–Crippen LogP) is 2.51. The predicted molar refractivity (Wildman–Crippen MR) is 90.3 cm³/mol. The molecular formula is C18H18N4O2. The van der Waals surface area contributed by atoms with E-state index in [1.165, 1.54) is 0 Å². The molecule has 1 aromatic carbocycles. The van der Waals surface area contributed by atoms with Crippen LogP contribution in [-0.2, 0) is 6.54 Å². The number of aryl methyl sites for hydroxylation is 1. The van der Waals surface area contributed by atoms with Crippen LogP contribution in [0.5, 0.6) is 5.75 Å². The molecule has 0 saturated carbocycles. The molecule has 6 nitrogen and oxygen atoms in total. The first-order valence-corrected chi connectivity index (χ1v) is 7.53. The van der Waals surface area contributed by atoms with Crippen molar-refractivity contribution in [2.75, 3.05) is 7.11 Å². The molecule has 3 aromatic rings. The Labute approximate surface area is 140 Å². The van der Waals surface area contributed by atoms with Gasteiger partial charge in [0.05, 0.1) is 12.7 Å². The molecule has 0 radical (unpaired) electrons. The van der Waals surface area contributed by atoms with Gasteiger partial charge < -0.3 is 10.1 Å². The second-order valence-electron chi connectivity index (χ2n) is 5.38. The van der Waals surface area contributed by atoms with E-state index in [1.54, 1.807) is 31.9 Å². The number of benzene rings is 1. The van der Waals surface area contributed by atoms with Crippen molar-refractivity contribution in [1.29, 1.82) is 0 Å². The summed E-state index contributed by atoms with van der Waals surface area (Å²) in [5, 5.41) is 2.92. The Balaban J connectivity index is 1.73. The quantitative estimate of drug-likeness (QED) is 0.783. The van der Waals surface area contributed by atoms with Gasteiger partial charge in [0.25, 0.3) is 5.91 Å². The van der Waals surface area contributed by atoms with Crippen molar-refractivity contribution in [2.24, 2.45) is 0 Å². The maximum absolute atomic E-state index is 12.4. The molecule has 24 heavy (non-hydrogen) atoms. The molecule has 0 unspecified atom stereocenters. The SMILES string of the molecule is COc1ccc(C)cc1C(=O)NCc1ccnc(-n2ccnc2)c1. The minimum absolute atomic E-state index is 0.170. The summed E-state index contributed by atoms with van der Waals surface area (Å²) in [7, 11) is 1.56. The van der Waals surface area contributed by atoms with Crippen LogP contribution in [0.25, 0.3) is 5.82 Å². The van der Waals surface area contributed by atoms with Gasteiger partial charge in [0, 0.05) is 25.1 Å². The summed E-state index contributed by atoms with van der Waals surface area (Å²) in [6.45, 7) is 2.34. The lowest BCUT2D eigenvalue weighted by Crippen LogP contribution is -2.23. The van der Waals surface area contributed by atoms with Crippen LogP contribution in [0.1, 0.15) is 21.5 Å². The minimum atomic E-state index is -0.170. The van der Waals surface area contributed by atoms with Crippen molar-refractivity contribution in [3.8, 4) is 11.6 Å². The molecule has 6 heteroatoms. The maximum atomic E-state index is 12.4. The van der Waals surface area contributed by atoms with Crippen molar-refractivity contribution in [3.63, 3.8) is 0 Å². The molecule has 0 bridgehead atoms. The molecule has 3 rings (SSSR count). The number of nitrogens with zero attached hydrogens (tertiary/aromatic N) is 3. The van der Waals surface area contributed by atoms with Gasteiger partial charge >= 0.3 is 0 Å². The molecule has 0 saturated heterocycles. The number of methoxy groups -OCH3 is 1. The van der Waals surface area contributed by atoms with Gasteiger partial charge in [0.2, 0.25) is 0 Å². The van der Waals surface area contributed by atoms with Crippen molar-refractivity contribution < 1.29 is 9.53 Å². The summed E-state index contributed by atoms with van der Waals surface area (Å²) in [6.07, 6.45) is 6.91. The lowest BCUT2D eigenvalue weighted by atomic mass is 10.1. The molecule has 1 amide bonds. The first-order chi connectivity index (χ1) is 11.7. The first-order valence-electron chi connectivity index (χ1n) is 7.53. The van der Waals surface area contributed by atoms with Gasteiger partial charge in [-0.1, -0.05) is 11.6 Å². The summed E-state index contributed by atoms with van der Waals surface area (Å²) in [5.41, 5.74) is 2.49. The molecule has 0 fully saturated rings. The standard InChI is InChI=1S/C18H18N4O2/c1-13-3-4-16(24-2)15(9-13)18(23)21-11-14-5-6-20-17(10-14)22-8-7-19-12-22/h3-10,12H,11H2,1-2H3,(H,21,23). The van der Waals surface area contributed by atoms with Crippen LogP contribution in [0.2, 0.25) is 0 Å². The number of hydrogen-bond acceptors (Lipinski definition) is 4. The van der Waals surface area contributed by atoms with E-state index >= 15 is 0 Å². The third kappa shape index (κ3) is 3.43. The molecule has 0 aliphatic heterocycles. The van der Waals surface area contributed by atoms with Crippen molar-refractivity contribution in [1.82, 2.24) is 19.9 Å². The molecule has 0 aliphatic rings. The van der Waals surface area contributed by atoms with E-state index in [-0.39, 0.29) is 5.91 Å². The lowest BCUT2D eigenvalue weighted by Gasteiger charge is -2.11. The Morgan fingerprint density at radius 3 is 2.88 bits per heavy atom. The second kappa shape index (κ2) is 6.95. The number of rotatable bonds is 5. The minimum Gasteiger partial charge on any atom is -0.496 e. The molecule has 2 aromatic heterocycles. The number of imidazole rings is 1. The highest BCUT2D eigenvalue weighted by Crippen LogP contribution is 2.19. The Morgan fingerprint density at radius 2 is 2.12 bits per heavy atom. The average molecular weight is 322 g/mol. The fraction of sp³-hybridized carbons (Fsp3) is 0.167. The zero-order chi connectivity index (χ0) is 16.9. The number of pyridine rings is 1. The van der Waals surface area contributed by atoms with Crippen LogP contribution in [0.4, 0.5) is 0 Å². The number of hydrogen-bond donors (Lipinski definition) is 1. The highest BCUT2D eigenvalue weighted by Gasteiger charge is 2.12. The van der Waals surface area contributed by atoms with Crippen LogP contribution in [0.3, 0.4) is 0 Å². The number of ether oxygens (including phenoxy) is 1. The summed E-state index contributed by atoms with van der Waals surface area (Å²) < 4.78 is 7.07. The van der Waals surface area contributed by atoms with E-state index in [0.29, 0.717) is 17.9 Å². The molecular weight excluding hydrogens is 304 g/mol. The number of amides is 1. The fourth-order valence-corrected chi connectivity index (χ4v) is 2.38. The average Bonchev–Trinajstić information content (AvgIpc) is 3.14. The van der Waals surface area contributed by atoms with Gasteiger partial charge in [-0.15, -0.1) is 0 Å². The van der Waals surface area contributed by atoms with E-state index < -0.39 is 0 Å². The highest BCUT2D eigenvalue weighted by molar-refractivity contribution is 5.97. The topological polar surface area (TPSA) is 69.0 Å². The number of aromatic nitrogens is 3. The largest absolute Gasteiger partial charge is 0.496 e. The first kappa shape index (κ1) is 15.7. The zero-order valence-corrected chi connectivity index (χ0v) is 13.6. The van der Waals surface area contributed by atoms with Gasteiger partial charge in [-0.05, 0) is 36.8 Å². The van der Waals surface area contributed by atoms with E-state index in [2.05, 4.69) is 15.3 Å². The summed E-state index contributed by atoms with van der Waals surface area (Å²) in [4.78, 5) is 20.7. The van der Waals surface area contributed by atoms with Crippen LogP contribution < -0.4 is 10.1 Å². The smallest absolute Gasteiger partial charge is 0.255 e. The Bertz CT molecular complexity index is 844. The molecule has 122 valence electrons. The third-order valence-corrected chi connectivity index (χ3v) is 3.63. The van der Waals surface area contributed by atoms with E-state index in [1.807, 2.05) is 42.0 Å². The van der Waals surface area contributed by atoms with Gasteiger partial charge in [0.1, 0.15) is 17.9 Å². The van der Waals surface area contributed by atoms with Crippen LogP contribution in [0.15, 0.2) is 55.2 Å². The molecule has 0 aliphatic carbocycles. The normalized spacial score (nSPS) is 10.4. The summed E-state index contributed by atoms with van der Waals surface area (Å²) in [5.74, 6) is 1.15. The van der Waals surface area contributed by atoms with Gasteiger partial charge in [-0.25, -0.2) is 9.97 Å². The fourth-order valence-electron chi connectivity index (χ4n) is 2.38. The molecule has 0 atom stereocenters. The third-order valence-electron chi connectivity index (χ3n) is 3.63. The van der Waals surface area contributed by atoms with Gasteiger partial charge in [0.15, 0.2) is 0 Å². The molecule has 2 heterocycles. The number of nitrogens with one attached hydrogen (secondary N) is 1. The number of carbonyl (C=O) groups excluding carboxylic acids is 1. The second-order valence-corrected chi connectivity index (χ2v) is 5.38. The Morgan fingerprint density at radius 1 is 1.25 bits per heavy atom. The van der Waals surface area contributed by atoms with Crippen molar-refractivity contribution >= 4 is 5.91 Å². The summed E-state index contributed by atoms with van der Waals surface area (Å²) in [6, 6.07) is 9.31. The zero-order valence-electron chi connectivity index (χ0n) is 13.6. The van der Waals surface area contributed by atoms with E-state index in [9.17, 15) is 4.79 Å². The van der Waals surface area contributed by atoms with Crippen molar-refractivity contribution in [3.05, 3.63) is 71.9 Å². The molecule has 0 spiro atoms. The highest BCUT2D eigenvalue weighted by atomic mass is 16.5. The summed E-state index contributed by atoms with van der Waals surface area (Å²) >= 11 is 0. The Kier molecular flexibility index (Phi) is 4.56. The van der Waals surface area contributed by atoms with Crippen molar-refractivity contribution in [2.45, 2.75) is 13.5 Å².